The Morgan fingerprint density at radius 2 is 1.89 bits per heavy atom. The molecule has 3 fully saturated rings. The molecule has 110 valence electrons. The molecule has 4 heteroatoms. The number of rotatable bonds is 4. The predicted molar refractivity (Wildman–Crippen MR) is 75.2 cm³/mol. The minimum atomic E-state index is -0.00336. The van der Waals surface area contributed by atoms with Crippen LogP contribution in [0.3, 0.4) is 0 Å². The molecule has 0 bridgehead atoms. The lowest BCUT2D eigenvalue weighted by atomic mass is 9.98. The maximum atomic E-state index is 9.81. The van der Waals surface area contributed by atoms with Crippen LogP contribution in [0.5, 0.6) is 0 Å². The largest absolute Gasteiger partial charge is 0.394 e. The second-order valence-corrected chi connectivity index (χ2v) is 6.96. The highest BCUT2D eigenvalue weighted by Crippen LogP contribution is 2.36. The molecule has 0 amide bonds. The van der Waals surface area contributed by atoms with Crippen LogP contribution in [0.1, 0.15) is 46.0 Å². The summed E-state index contributed by atoms with van der Waals surface area (Å²) >= 11 is 0. The summed E-state index contributed by atoms with van der Waals surface area (Å²) in [6, 6.07) is 1.29. The highest BCUT2D eigenvalue weighted by molar-refractivity contribution is 5.03. The molecule has 0 spiro atoms. The lowest BCUT2D eigenvalue weighted by Gasteiger charge is -2.39. The van der Waals surface area contributed by atoms with Crippen LogP contribution in [0.2, 0.25) is 0 Å². The van der Waals surface area contributed by atoms with Gasteiger partial charge in [0.1, 0.15) is 0 Å². The monoisotopic (exact) mass is 268 g/mol. The van der Waals surface area contributed by atoms with Crippen molar-refractivity contribution in [3.05, 3.63) is 0 Å². The number of nitrogens with zero attached hydrogens (tertiary/aromatic N) is 1. The number of hydrogen-bond donors (Lipinski definition) is 2. The second kappa shape index (κ2) is 5.32. The van der Waals surface area contributed by atoms with E-state index in [1.54, 1.807) is 0 Å². The third kappa shape index (κ3) is 3.13. The minimum absolute atomic E-state index is 0.00336. The summed E-state index contributed by atoms with van der Waals surface area (Å²) in [6.45, 7) is 6.70. The second-order valence-electron chi connectivity index (χ2n) is 6.96. The summed E-state index contributed by atoms with van der Waals surface area (Å²) in [5.74, 6) is 0. The van der Waals surface area contributed by atoms with E-state index in [0.717, 1.165) is 25.9 Å². The zero-order valence-corrected chi connectivity index (χ0v) is 12.3. The molecule has 1 aliphatic heterocycles. The Balaban J connectivity index is 1.60. The van der Waals surface area contributed by atoms with Crippen molar-refractivity contribution in [3.8, 4) is 0 Å². The third-order valence-electron chi connectivity index (χ3n) is 4.94. The number of morpholine rings is 1. The number of nitrogens with one attached hydrogen (secondary N) is 1. The highest BCUT2D eigenvalue weighted by atomic mass is 16.5. The van der Waals surface area contributed by atoms with E-state index in [1.807, 2.05) is 0 Å². The summed E-state index contributed by atoms with van der Waals surface area (Å²) in [5.41, 5.74) is -0.00336. The first-order chi connectivity index (χ1) is 9.10. The van der Waals surface area contributed by atoms with Gasteiger partial charge in [-0.3, -0.25) is 4.90 Å². The molecular weight excluding hydrogens is 240 g/mol. The fourth-order valence-corrected chi connectivity index (χ4v) is 3.91. The van der Waals surface area contributed by atoms with Crippen molar-refractivity contribution in [2.75, 3.05) is 19.7 Å². The van der Waals surface area contributed by atoms with Crippen LogP contribution >= 0.6 is 0 Å². The average molecular weight is 268 g/mol. The fraction of sp³-hybridized carbons (Fsp3) is 1.00. The molecule has 4 atom stereocenters. The molecular formula is C15H28N2O2. The Morgan fingerprint density at radius 1 is 1.21 bits per heavy atom. The SMILES string of the molecule is CC1CN(C2CCC(CO)(NC3CC3)C2)CC(C)O1. The van der Waals surface area contributed by atoms with Gasteiger partial charge in [-0.25, -0.2) is 0 Å². The minimum Gasteiger partial charge on any atom is -0.394 e. The molecule has 0 aromatic carbocycles. The van der Waals surface area contributed by atoms with E-state index in [1.165, 1.54) is 19.3 Å². The molecule has 19 heavy (non-hydrogen) atoms. The Kier molecular flexibility index (Phi) is 3.87. The van der Waals surface area contributed by atoms with Gasteiger partial charge in [-0.15, -0.1) is 0 Å². The van der Waals surface area contributed by atoms with Gasteiger partial charge in [0.25, 0.3) is 0 Å². The Hall–Kier alpha value is -0.160. The summed E-state index contributed by atoms with van der Waals surface area (Å²) in [5, 5.41) is 13.5. The molecule has 0 aromatic heterocycles. The van der Waals surface area contributed by atoms with Gasteiger partial charge in [0.2, 0.25) is 0 Å². The standard InChI is InChI=1S/C15H28N2O2/c1-11-8-17(9-12(2)19-11)14-5-6-15(7-14,10-18)16-13-3-4-13/h11-14,16,18H,3-10H2,1-2H3. The van der Waals surface area contributed by atoms with Crippen LogP contribution in [0, 0.1) is 0 Å². The van der Waals surface area contributed by atoms with Crippen LogP contribution in [0.25, 0.3) is 0 Å². The molecule has 0 radical (unpaired) electrons. The van der Waals surface area contributed by atoms with E-state index in [0.29, 0.717) is 24.3 Å². The van der Waals surface area contributed by atoms with Crippen molar-refractivity contribution in [2.45, 2.75) is 75.8 Å². The lowest BCUT2D eigenvalue weighted by molar-refractivity contribution is -0.0805. The van der Waals surface area contributed by atoms with Gasteiger partial charge < -0.3 is 15.2 Å². The van der Waals surface area contributed by atoms with Gasteiger partial charge in [0.05, 0.1) is 18.8 Å². The molecule has 0 aromatic rings. The first-order valence-corrected chi connectivity index (χ1v) is 7.88. The van der Waals surface area contributed by atoms with E-state index >= 15 is 0 Å². The van der Waals surface area contributed by atoms with Gasteiger partial charge in [-0.2, -0.15) is 0 Å². The van der Waals surface area contributed by atoms with Crippen molar-refractivity contribution in [1.29, 1.82) is 0 Å². The van der Waals surface area contributed by atoms with Crippen LogP contribution < -0.4 is 5.32 Å². The molecule has 1 heterocycles. The highest BCUT2D eigenvalue weighted by Gasteiger charge is 2.44. The molecule has 3 aliphatic rings. The number of ether oxygens (including phenoxy) is 1. The first-order valence-electron chi connectivity index (χ1n) is 7.88. The Morgan fingerprint density at radius 3 is 2.47 bits per heavy atom. The number of hydrogen-bond acceptors (Lipinski definition) is 4. The first kappa shape index (κ1) is 13.8. The van der Waals surface area contributed by atoms with E-state index in [9.17, 15) is 5.11 Å². The molecule has 2 aliphatic carbocycles. The zero-order valence-electron chi connectivity index (χ0n) is 12.3. The fourth-order valence-electron chi connectivity index (χ4n) is 3.91. The Labute approximate surface area is 116 Å². The third-order valence-corrected chi connectivity index (χ3v) is 4.94. The molecule has 4 unspecified atom stereocenters. The zero-order chi connectivity index (χ0) is 13.5. The van der Waals surface area contributed by atoms with E-state index in [4.69, 9.17) is 4.74 Å². The molecule has 1 saturated heterocycles. The van der Waals surface area contributed by atoms with Crippen LogP contribution in [-0.2, 0) is 4.74 Å². The van der Waals surface area contributed by atoms with Crippen molar-refractivity contribution in [1.82, 2.24) is 10.2 Å². The average Bonchev–Trinajstić information content (AvgIpc) is 3.05. The summed E-state index contributed by atoms with van der Waals surface area (Å²) in [6.07, 6.45) is 6.67. The van der Waals surface area contributed by atoms with Gasteiger partial charge in [0.15, 0.2) is 0 Å². The van der Waals surface area contributed by atoms with Gasteiger partial charge in [-0.1, -0.05) is 0 Å². The van der Waals surface area contributed by atoms with E-state index < -0.39 is 0 Å². The van der Waals surface area contributed by atoms with Crippen LogP contribution in [-0.4, -0.2) is 59.5 Å². The molecule has 2 saturated carbocycles. The quantitative estimate of drug-likeness (QED) is 0.802. The maximum absolute atomic E-state index is 9.81. The van der Waals surface area contributed by atoms with E-state index in [2.05, 4.69) is 24.1 Å². The molecule has 3 rings (SSSR count). The summed E-state index contributed by atoms with van der Waals surface area (Å²) in [4.78, 5) is 2.59. The van der Waals surface area contributed by atoms with Crippen LogP contribution in [0.4, 0.5) is 0 Å². The molecule has 2 N–H and O–H groups in total. The number of aliphatic hydroxyl groups excluding tert-OH is 1. The normalized spacial score (nSPS) is 44.7. The van der Waals surface area contributed by atoms with Gasteiger partial charge in [-0.05, 0) is 46.0 Å². The van der Waals surface area contributed by atoms with Gasteiger partial charge in [0, 0.05) is 30.7 Å². The van der Waals surface area contributed by atoms with Gasteiger partial charge >= 0.3 is 0 Å². The Bertz CT molecular complexity index is 311. The smallest absolute Gasteiger partial charge is 0.0678 e. The topological polar surface area (TPSA) is 44.7 Å². The van der Waals surface area contributed by atoms with Crippen LogP contribution in [0.15, 0.2) is 0 Å². The predicted octanol–water partition coefficient (Wildman–Crippen LogP) is 1.13. The maximum Gasteiger partial charge on any atom is 0.0678 e. The van der Waals surface area contributed by atoms with Crippen molar-refractivity contribution in [3.63, 3.8) is 0 Å². The molecule has 4 nitrogen and oxygen atoms in total. The summed E-state index contributed by atoms with van der Waals surface area (Å²) < 4.78 is 5.82. The summed E-state index contributed by atoms with van der Waals surface area (Å²) in [7, 11) is 0. The lowest BCUT2D eigenvalue weighted by Crippen LogP contribution is -2.52. The van der Waals surface area contributed by atoms with Crippen molar-refractivity contribution >= 4 is 0 Å². The van der Waals surface area contributed by atoms with Crippen molar-refractivity contribution < 1.29 is 9.84 Å². The number of aliphatic hydroxyl groups is 1. The van der Waals surface area contributed by atoms with E-state index in [-0.39, 0.29) is 12.1 Å². The van der Waals surface area contributed by atoms with Crippen molar-refractivity contribution in [2.24, 2.45) is 0 Å².